The molecule has 0 saturated heterocycles. The zero-order valence-corrected chi connectivity index (χ0v) is 10.0. The Morgan fingerprint density at radius 3 is 2.47 bits per heavy atom. The smallest absolute Gasteiger partial charge is 0.119 e. The molecule has 0 fully saturated rings. The van der Waals surface area contributed by atoms with Crippen LogP contribution >= 0.6 is 0 Å². The normalized spacial score (nSPS) is 9.94. The van der Waals surface area contributed by atoms with Crippen LogP contribution in [0.15, 0.2) is 55.1 Å². The number of benzene rings is 2. The predicted molar refractivity (Wildman–Crippen MR) is 73.1 cm³/mol. The second-order valence-corrected chi connectivity index (χ2v) is 3.79. The molecule has 0 atom stereocenters. The molecule has 0 spiro atoms. The molecule has 17 heavy (non-hydrogen) atoms. The minimum absolute atomic E-state index is 0.693. The van der Waals surface area contributed by atoms with Crippen LogP contribution in [0.3, 0.4) is 0 Å². The van der Waals surface area contributed by atoms with Crippen molar-refractivity contribution in [3.63, 3.8) is 0 Å². The van der Waals surface area contributed by atoms with E-state index in [1.54, 1.807) is 0 Å². The van der Waals surface area contributed by atoms with E-state index in [0.717, 1.165) is 11.3 Å². The lowest BCUT2D eigenvalue weighted by atomic mass is 10.0. The molecule has 0 unspecified atom stereocenters. The van der Waals surface area contributed by atoms with Gasteiger partial charge in [-0.05, 0) is 35.7 Å². The molecule has 0 radical (unpaired) electrons. The molecule has 0 aliphatic heterocycles. The molecule has 0 heterocycles. The fourth-order valence-electron chi connectivity index (χ4n) is 1.74. The number of hydrogen-bond donors (Lipinski definition) is 0. The maximum atomic E-state index is 5.50. The quantitative estimate of drug-likeness (QED) is 0.748. The highest BCUT2D eigenvalue weighted by molar-refractivity contribution is 5.66. The average molecular weight is 224 g/mol. The van der Waals surface area contributed by atoms with Crippen molar-refractivity contribution in [2.24, 2.45) is 0 Å². The van der Waals surface area contributed by atoms with Gasteiger partial charge in [-0.1, -0.05) is 49.1 Å². The Balaban J connectivity index is 2.31. The fraction of sp³-hybridized carbons (Fsp3) is 0.125. The Labute approximate surface area is 102 Å². The zero-order chi connectivity index (χ0) is 12.1. The Kier molecular flexibility index (Phi) is 3.61. The number of ether oxygens (including phenoxy) is 1. The molecule has 0 N–H and O–H groups in total. The summed E-state index contributed by atoms with van der Waals surface area (Å²) in [5.41, 5.74) is 3.50. The van der Waals surface area contributed by atoms with Crippen LogP contribution in [0.5, 0.6) is 5.75 Å². The van der Waals surface area contributed by atoms with Crippen LogP contribution in [0.25, 0.3) is 17.2 Å². The molecule has 2 aromatic carbocycles. The number of hydrogen-bond acceptors (Lipinski definition) is 1. The second kappa shape index (κ2) is 5.35. The van der Waals surface area contributed by atoms with Gasteiger partial charge in [0.05, 0.1) is 6.61 Å². The lowest BCUT2D eigenvalue weighted by Crippen LogP contribution is -1.91. The van der Waals surface area contributed by atoms with Gasteiger partial charge in [-0.25, -0.2) is 0 Å². The highest BCUT2D eigenvalue weighted by Gasteiger charge is 1.99. The molecular weight excluding hydrogens is 208 g/mol. The maximum absolute atomic E-state index is 5.50. The molecule has 1 nitrogen and oxygen atoms in total. The molecule has 2 rings (SSSR count). The third-order valence-corrected chi connectivity index (χ3v) is 2.62. The van der Waals surface area contributed by atoms with Gasteiger partial charge in [0.1, 0.15) is 5.75 Å². The monoisotopic (exact) mass is 224 g/mol. The highest BCUT2D eigenvalue weighted by Crippen LogP contribution is 2.24. The van der Waals surface area contributed by atoms with Crippen molar-refractivity contribution in [3.8, 4) is 16.9 Å². The summed E-state index contributed by atoms with van der Waals surface area (Å²) in [6.07, 6.45) is 1.85. The Hall–Kier alpha value is -2.02. The molecule has 0 aliphatic carbocycles. The molecular formula is C16H16O. The molecule has 0 saturated carbocycles. The van der Waals surface area contributed by atoms with Crippen LogP contribution in [0, 0.1) is 0 Å². The minimum Gasteiger partial charge on any atom is -0.494 e. The van der Waals surface area contributed by atoms with Crippen molar-refractivity contribution in [1.29, 1.82) is 0 Å². The SMILES string of the molecule is C=Cc1ccc(-c2cccc(OCC)c2)cc1. The predicted octanol–water partition coefficient (Wildman–Crippen LogP) is 4.40. The van der Waals surface area contributed by atoms with Gasteiger partial charge in [-0.3, -0.25) is 0 Å². The summed E-state index contributed by atoms with van der Waals surface area (Å²) in [7, 11) is 0. The van der Waals surface area contributed by atoms with Gasteiger partial charge in [0, 0.05) is 0 Å². The van der Waals surface area contributed by atoms with Gasteiger partial charge < -0.3 is 4.74 Å². The van der Waals surface area contributed by atoms with E-state index in [0.29, 0.717) is 6.61 Å². The van der Waals surface area contributed by atoms with E-state index < -0.39 is 0 Å². The topological polar surface area (TPSA) is 9.23 Å². The van der Waals surface area contributed by atoms with Crippen LogP contribution in [0.2, 0.25) is 0 Å². The van der Waals surface area contributed by atoms with Crippen molar-refractivity contribution < 1.29 is 4.74 Å². The minimum atomic E-state index is 0.693. The summed E-state index contributed by atoms with van der Waals surface area (Å²) in [4.78, 5) is 0. The first-order chi connectivity index (χ1) is 8.33. The van der Waals surface area contributed by atoms with Crippen molar-refractivity contribution >= 4 is 6.08 Å². The molecule has 0 aromatic heterocycles. The molecule has 86 valence electrons. The molecule has 1 heteroatoms. The van der Waals surface area contributed by atoms with Crippen molar-refractivity contribution in [2.75, 3.05) is 6.61 Å². The van der Waals surface area contributed by atoms with Crippen LogP contribution in [-0.4, -0.2) is 6.61 Å². The van der Waals surface area contributed by atoms with Crippen LogP contribution in [-0.2, 0) is 0 Å². The standard InChI is InChI=1S/C16H16O/c1-3-13-8-10-14(11-9-13)15-6-5-7-16(12-15)17-4-2/h3,5-12H,1,4H2,2H3. The van der Waals surface area contributed by atoms with Gasteiger partial charge in [0.15, 0.2) is 0 Å². The van der Waals surface area contributed by atoms with Gasteiger partial charge in [0.2, 0.25) is 0 Å². The van der Waals surface area contributed by atoms with Gasteiger partial charge in [-0.15, -0.1) is 0 Å². The highest BCUT2D eigenvalue weighted by atomic mass is 16.5. The van der Waals surface area contributed by atoms with E-state index in [4.69, 9.17) is 4.74 Å². The largest absolute Gasteiger partial charge is 0.494 e. The van der Waals surface area contributed by atoms with Crippen molar-refractivity contribution in [1.82, 2.24) is 0 Å². The average Bonchev–Trinajstić information content (AvgIpc) is 2.40. The van der Waals surface area contributed by atoms with Crippen LogP contribution in [0.1, 0.15) is 12.5 Å². The maximum Gasteiger partial charge on any atom is 0.119 e. The third-order valence-electron chi connectivity index (χ3n) is 2.62. The first-order valence-corrected chi connectivity index (χ1v) is 5.79. The Morgan fingerprint density at radius 1 is 1.06 bits per heavy atom. The van der Waals surface area contributed by atoms with Crippen molar-refractivity contribution in [3.05, 3.63) is 60.7 Å². The summed E-state index contributed by atoms with van der Waals surface area (Å²) in [6, 6.07) is 16.5. The second-order valence-electron chi connectivity index (χ2n) is 3.79. The molecule has 0 bridgehead atoms. The summed E-state index contributed by atoms with van der Waals surface area (Å²) >= 11 is 0. The lowest BCUT2D eigenvalue weighted by molar-refractivity contribution is 0.340. The van der Waals surface area contributed by atoms with E-state index in [1.807, 2.05) is 25.1 Å². The van der Waals surface area contributed by atoms with Gasteiger partial charge in [0.25, 0.3) is 0 Å². The van der Waals surface area contributed by atoms with Gasteiger partial charge >= 0.3 is 0 Å². The molecule has 0 amide bonds. The van der Waals surface area contributed by atoms with Crippen LogP contribution < -0.4 is 4.74 Å². The van der Waals surface area contributed by atoms with E-state index in [-0.39, 0.29) is 0 Å². The first-order valence-electron chi connectivity index (χ1n) is 5.79. The number of rotatable bonds is 4. The van der Waals surface area contributed by atoms with E-state index >= 15 is 0 Å². The van der Waals surface area contributed by atoms with Crippen LogP contribution in [0.4, 0.5) is 0 Å². The zero-order valence-electron chi connectivity index (χ0n) is 10.0. The van der Waals surface area contributed by atoms with Crippen molar-refractivity contribution in [2.45, 2.75) is 6.92 Å². The third kappa shape index (κ3) is 2.76. The van der Waals surface area contributed by atoms with E-state index in [9.17, 15) is 0 Å². The van der Waals surface area contributed by atoms with E-state index in [2.05, 4.69) is 43.0 Å². The Bertz CT molecular complexity index is 497. The summed E-state index contributed by atoms with van der Waals surface area (Å²) < 4.78 is 5.50. The Morgan fingerprint density at radius 2 is 1.82 bits per heavy atom. The molecule has 2 aromatic rings. The fourth-order valence-corrected chi connectivity index (χ4v) is 1.74. The first kappa shape index (κ1) is 11.5. The van der Waals surface area contributed by atoms with E-state index in [1.165, 1.54) is 11.1 Å². The summed E-state index contributed by atoms with van der Waals surface area (Å²) in [5, 5.41) is 0. The van der Waals surface area contributed by atoms with Gasteiger partial charge in [-0.2, -0.15) is 0 Å². The lowest BCUT2D eigenvalue weighted by Gasteiger charge is -2.06. The summed E-state index contributed by atoms with van der Waals surface area (Å²) in [5.74, 6) is 0.915. The molecule has 0 aliphatic rings. The summed E-state index contributed by atoms with van der Waals surface area (Å²) in [6.45, 7) is 6.44.